The van der Waals surface area contributed by atoms with Gasteiger partial charge < -0.3 is 5.84 Å². The van der Waals surface area contributed by atoms with Gasteiger partial charge in [0, 0.05) is 16.3 Å². The van der Waals surface area contributed by atoms with Gasteiger partial charge in [0.25, 0.3) is 0 Å². The van der Waals surface area contributed by atoms with Crippen LogP contribution < -0.4 is 5.84 Å². The molecule has 5 heteroatoms. The Morgan fingerprint density at radius 3 is 2.59 bits per heavy atom. The number of nitrogen functional groups attached to an aromatic ring is 1. The Bertz CT molecular complexity index is 781. The molecule has 2 N–H and O–H groups in total. The SMILES string of the molecule is Cc1ccc(-c2cn(N)c(SCc3ccccc3Cl)n2)cc1. The highest BCUT2D eigenvalue weighted by molar-refractivity contribution is 7.98. The molecular weight excluding hydrogens is 314 g/mol. The lowest BCUT2D eigenvalue weighted by Crippen LogP contribution is -2.07. The number of aryl methyl sites for hydroxylation is 1. The maximum absolute atomic E-state index is 6.17. The molecule has 112 valence electrons. The van der Waals surface area contributed by atoms with Crippen molar-refractivity contribution in [2.45, 2.75) is 17.8 Å². The number of thioether (sulfide) groups is 1. The van der Waals surface area contributed by atoms with Crippen LogP contribution in [0.2, 0.25) is 5.02 Å². The van der Waals surface area contributed by atoms with Crippen LogP contribution in [0.15, 0.2) is 59.9 Å². The number of halogens is 1. The zero-order valence-corrected chi connectivity index (χ0v) is 13.7. The molecule has 0 radical (unpaired) electrons. The molecule has 0 bridgehead atoms. The zero-order chi connectivity index (χ0) is 15.5. The number of aromatic nitrogens is 2. The van der Waals surface area contributed by atoms with E-state index in [1.807, 2.05) is 30.5 Å². The molecule has 3 rings (SSSR count). The van der Waals surface area contributed by atoms with Crippen LogP contribution in [0, 0.1) is 6.92 Å². The number of nitrogens with two attached hydrogens (primary N) is 1. The Labute approximate surface area is 139 Å². The number of nitrogens with zero attached hydrogens (tertiary/aromatic N) is 2. The first-order chi connectivity index (χ1) is 10.6. The molecule has 0 fully saturated rings. The van der Waals surface area contributed by atoms with Crippen LogP contribution in [-0.2, 0) is 5.75 Å². The van der Waals surface area contributed by atoms with Gasteiger partial charge in [-0.15, -0.1) is 0 Å². The van der Waals surface area contributed by atoms with Crippen molar-refractivity contribution in [1.29, 1.82) is 0 Å². The molecule has 0 aliphatic heterocycles. The second kappa shape index (κ2) is 6.46. The van der Waals surface area contributed by atoms with Gasteiger partial charge in [-0.25, -0.2) is 9.66 Å². The molecule has 2 aromatic carbocycles. The third-order valence-corrected chi connectivity index (χ3v) is 4.74. The number of imidazole rings is 1. The minimum Gasteiger partial charge on any atom is -0.337 e. The first kappa shape index (κ1) is 15.0. The maximum Gasteiger partial charge on any atom is 0.187 e. The summed E-state index contributed by atoms with van der Waals surface area (Å²) in [6.07, 6.45) is 1.85. The first-order valence-corrected chi connectivity index (χ1v) is 8.27. The molecule has 0 saturated heterocycles. The summed E-state index contributed by atoms with van der Waals surface area (Å²) >= 11 is 7.75. The van der Waals surface area contributed by atoms with Crippen LogP contribution in [0.4, 0.5) is 0 Å². The third kappa shape index (κ3) is 3.29. The van der Waals surface area contributed by atoms with Crippen molar-refractivity contribution >= 4 is 23.4 Å². The number of rotatable bonds is 4. The Morgan fingerprint density at radius 2 is 1.86 bits per heavy atom. The monoisotopic (exact) mass is 329 g/mol. The molecule has 1 aromatic heterocycles. The van der Waals surface area contributed by atoms with Crippen molar-refractivity contribution in [2.24, 2.45) is 0 Å². The van der Waals surface area contributed by atoms with E-state index in [0.717, 1.165) is 32.8 Å². The standard InChI is InChI=1S/C17H16ClN3S/c1-12-6-8-13(9-7-12)16-10-21(19)17(20-16)22-11-14-4-2-3-5-15(14)18/h2-10H,11,19H2,1H3. The van der Waals surface area contributed by atoms with Crippen LogP contribution in [0.25, 0.3) is 11.3 Å². The van der Waals surface area contributed by atoms with Gasteiger partial charge in [-0.05, 0) is 18.6 Å². The van der Waals surface area contributed by atoms with E-state index in [1.54, 1.807) is 16.4 Å². The molecule has 0 atom stereocenters. The van der Waals surface area contributed by atoms with E-state index in [2.05, 4.69) is 36.2 Å². The summed E-state index contributed by atoms with van der Waals surface area (Å²) in [6.45, 7) is 2.07. The molecule has 0 spiro atoms. The minimum absolute atomic E-state index is 0.737. The molecule has 0 unspecified atom stereocenters. The van der Waals surface area contributed by atoms with Crippen molar-refractivity contribution in [3.8, 4) is 11.3 Å². The van der Waals surface area contributed by atoms with Gasteiger partial charge in [-0.1, -0.05) is 71.4 Å². The van der Waals surface area contributed by atoms with Gasteiger partial charge in [-0.2, -0.15) is 0 Å². The number of benzene rings is 2. The zero-order valence-electron chi connectivity index (χ0n) is 12.2. The van der Waals surface area contributed by atoms with Crippen molar-refractivity contribution in [1.82, 2.24) is 9.66 Å². The molecule has 0 amide bonds. The fraction of sp³-hybridized carbons (Fsp3) is 0.118. The largest absolute Gasteiger partial charge is 0.337 e. The Morgan fingerprint density at radius 1 is 1.14 bits per heavy atom. The molecule has 0 saturated carbocycles. The van der Waals surface area contributed by atoms with Gasteiger partial charge in [0.15, 0.2) is 5.16 Å². The molecule has 22 heavy (non-hydrogen) atoms. The molecule has 0 aliphatic carbocycles. The van der Waals surface area contributed by atoms with Gasteiger partial charge in [-0.3, -0.25) is 0 Å². The second-order valence-electron chi connectivity index (χ2n) is 5.06. The normalized spacial score (nSPS) is 10.8. The van der Waals surface area contributed by atoms with Gasteiger partial charge in [0.2, 0.25) is 0 Å². The highest BCUT2D eigenvalue weighted by Crippen LogP contribution is 2.27. The van der Waals surface area contributed by atoms with Crippen LogP contribution in [0.3, 0.4) is 0 Å². The fourth-order valence-electron chi connectivity index (χ4n) is 2.10. The molecule has 0 aliphatic rings. The smallest absolute Gasteiger partial charge is 0.187 e. The van der Waals surface area contributed by atoms with E-state index < -0.39 is 0 Å². The average Bonchev–Trinajstić information content (AvgIpc) is 2.88. The Hall–Kier alpha value is -1.91. The Balaban J connectivity index is 1.78. The van der Waals surface area contributed by atoms with E-state index >= 15 is 0 Å². The van der Waals surface area contributed by atoms with Crippen LogP contribution in [0.5, 0.6) is 0 Å². The van der Waals surface area contributed by atoms with E-state index in [9.17, 15) is 0 Å². The summed E-state index contributed by atoms with van der Waals surface area (Å²) in [7, 11) is 0. The molecule has 3 nitrogen and oxygen atoms in total. The predicted molar refractivity (Wildman–Crippen MR) is 93.6 cm³/mol. The summed E-state index contributed by atoms with van der Waals surface area (Å²) in [4.78, 5) is 4.61. The van der Waals surface area contributed by atoms with Gasteiger partial charge in [0.1, 0.15) is 0 Å². The maximum atomic E-state index is 6.17. The summed E-state index contributed by atoms with van der Waals surface area (Å²) in [5.74, 6) is 6.75. The van der Waals surface area contributed by atoms with Crippen molar-refractivity contribution < 1.29 is 0 Å². The fourth-order valence-corrected chi connectivity index (χ4v) is 3.29. The minimum atomic E-state index is 0.737. The quantitative estimate of drug-likeness (QED) is 0.565. The van der Waals surface area contributed by atoms with Crippen LogP contribution in [0.1, 0.15) is 11.1 Å². The third-order valence-electron chi connectivity index (χ3n) is 3.36. The highest BCUT2D eigenvalue weighted by atomic mass is 35.5. The highest BCUT2D eigenvalue weighted by Gasteiger charge is 2.09. The number of hydrogen-bond acceptors (Lipinski definition) is 3. The predicted octanol–water partition coefficient (Wildman–Crippen LogP) is 4.52. The van der Waals surface area contributed by atoms with Gasteiger partial charge >= 0.3 is 0 Å². The lowest BCUT2D eigenvalue weighted by molar-refractivity contribution is 0.851. The summed E-state index contributed by atoms with van der Waals surface area (Å²) in [5.41, 5.74) is 4.25. The lowest BCUT2D eigenvalue weighted by Gasteiger charge is -2.03. The summed E-state index contributed by atoms with van der Waals surface area (Å²) in [5, 5.41) is 1.54. The topological polar surface area (TPSA) is 43.8 Å². The van der Waals surface area contributed by atoms with E-state index in [1.165, 1.54) is 5.56 Å². The first-order valence-electron chi connectivity index (χ1n) is 6.91. The molecule has 3 aromatic rings. The van der Waals surface area contributed by atoms with E-state index in [-0.39, 0.29) is 0 Å². The Kier molecular flexibility index (Phi) is 4.41. The van der Waals surface area contributed by atoms with E-state index in [0.29, 0.717) is 0 Å². The molecule has 1 heterocycles. The molecular formula is C17H16ClN3S. The summed E-state index contributed by atoms with van der Waals surface area (Å²) in [6, 6.07) is 16.1. The van der Waals surface area contributed by atoms with E-state index in [4.69, 9.17) is 17.4 Å². The number of hydrogen-bond donors (Lipinski definition) is 1. The second-order valence-corrected chi connectivity index (χ2v) is 6.41. The van der Waals surface area contributed by atoms with Crippen molar-refractivity contribution in [3.63, 3.8) is 0 Å². The van der Waals surface area contributed by atoms with Crippen molar-refractivity contribution in [2.75, 3.05) is 5.84 Å². The van der Waals surface area contributed by atoms with Gasteiger partial charge in [0.05, 0.1) is 11.9 Å². The lowest BCUT2D eigenvalue weighted by atomic mass is 10.1. The van der Waals surface area contributed by atoms with Crippen LogP contribution >= 0.6 is 23.4 Å². The average molecular weight is 330 g/mol. The van der Waals surface area contributed by atoms with Crippen molar-refractivity contribution in [3.05, 3.63) is 70.9 Å². The summed E-state index contributed by atoms with van der Waals surface area (Å²) < 4.78 is 1.57. The van der Waals surface area contributed by atoms with Crippen LogP contribution in [-0.4, -0.2) is 9.66 Å².